The summed E-state index contributed by atoms with van der Waals surface area (Å²) in [4.78, 5) is 42.7. The Morgan fingerprint density at radius 1 is 1.28 bits per heavy atom. The number of anilines is 1. The number of nitrogens with one attached hydrogen (secondary N) is 2. The van der Waals surface area contributed by atoms with Gasteiger partial charge in [0.25, 0.3) is 11.5 Å². The van der Waals surface area contributed by atoms with Crippen LogP contribution in [0.5, 0.6) is 5.75 Å². The van der Waals surface area contributed by atoms with Crippen LogP contribution in [0.15, 0.2) is 35.4 Å². The Bertz CT molecular complexity index is 1120. The van der Waals surface area contributed by atoms with Crippen LogP contribution < -0.4 is 20.9 Å². The fraction of sp³-hybridized carbons (Fsp3) is 0.300. The van der Waals surface area contributed by atoms with Crippen LogP contribution >= 0.6 is 11.3 Å². The molecule has 0 fully saturated rings. The zero-order valence-corrected chi connectivity index (χ0v) is 17.3. The maximum Gasteiger partial charge on any atom is 0.266 e. The minimum Gasteiger partial charge on any atom is -0.495 e. The number of thiophene rings is 1. The molecule has 0 spiro atoms. The van der Waals surface area contributed by atoms with Gasteiger partial charge in [0.05, 0.1) is 29.4 Å². The second kappa shape index (κ2) is 8.87. The maximum atomic E-state index is 12.9. The minimum atomic E-state index is -0.346. The standard InChI is InChI=1S/C20H22N4O4S/c1-4-9-21-15(25)10-24-11-22-19-16(20(24)27)12(2)17(29-19)18(26)23-13-7-5-6-8-14(13)28-3/h5-8,11H,4,9-10H2,1-3H3,(H,21,25)(H,23,26). The summed E-state index contributed by atoms with van der Waals surface area (Å²) in [6.45, 7) is 4.10. The number of rotatable bonds is 7. The minimum absolute atomic E-state index is 0.111. The van der Waals surface area contributed by atoms with Gasteiger partial charge in [-0.15, -0.1) is 11.3 Å². The number of hydrogen-bond donors (Lipinski definition) is 2. The van der Waals surface area contributed by atoms with Gasteiger partial charge in [0, 0.05) is 6.54 Å². The van der Waals surface area contributed by atoms with Crippen LogP contribution in [0.4, 0.5) is 5.69 Å². The number of amides is 2. The van der Waals surface area contributed by atoms with Gasteiger partial charge in [-0.25, -0.2) is 4.98 Å². The predicted octanol–water partition coefficient (Wildman–Crippen LogP) is 2.55. The van der Waals surface area contributed by atoms with Gasteiger partial charge in [-0.3, -0.25) is 19.0 Å². The highest BCUT2D eigenvalue weighted by molar-refractivity contribution is 7.20. The Kier molecular flexibility index (Phi) is 6.28. The number of nitrogens with zero attached hydrogens (tertiary/aromatic N) is 2. The molecule has 3 rings (SSSR count). The van der Waals surface area contributed by atoms with Gasteiger partial charge in [-0.1, -0.05) is 19.1 Å². The lowest BCUT2D eigenvalue weighted by Crippen LogP contribution is -2.32. The summed E-state index contributed by atoms with van der Waals surface area (Å²) in [5, 5.41) is 5.90. The van der Waals surface area contributed by atoms with E-state index in [0.29, 0.717) is 38.6 Å². The van der Waals surface area contributed by atoms with Crippen molar-refractivity contribution in [2.45, 2.75) is 26.8 Å². The number of benzene rings is 1. The first-order valence-corrected chi connectivity index (χ1v) is 9.97. The molecule has 2 N–H and O–H groups in total. The van der Waals surface area contributed by atoms with Crippen molar-refractivity contribution in [1.82, 2.24) is 14.9 Å². The average molecular weight is 414 g/mol. The molecule has 0 atom stereocenters. The fourth-order valence-electron chi connectivity index (χ4n) is 2.89. The van der Waals surface area contributed by atoms with Crippen LogP contribution in [-0.4, -0.2) is 35.0 Å². The van der Waals surface area contributed by atoms with Crippen LogP contribution in [0, 0.1) is 6.92 Å². The fourth-order valence-corrected chi connectivity index (χ4v) is 3.92. The van der Waals surface area contributed by atoms with Crippen molar-refractivity contribution in [3.63, 3.8) is 0 Å². The summed E-state index contributed by atoms with van der Waals surface area (Å²) in [6, 6.07) is 7.08. The Balaban J connectivity index is 1.91. The van der Waals surface area contributed by atoms with E-state index in [0.717, 1.165) is 17.8 Å². The Labute approximate surface area is 171 Å². The molecular formula is C20H22N4O4S. The van der Waals surface area contributed by atoms with E-state index in [2.05, 4.69) is 15.6 Å². The van der Waals surface area contributed by atoms with Gasteiger partial charge in [-0.2, -0.15) is 0 Å². The summed E-state index contributed by atoms with van der Waals surface area (Å²) in [5.74, 6) is -0.0584. The first-order valence-electron chi connectivity index (χ1n) is 9.15. The molecule has 9 heteroatoms. The zero-order valence-electron chi connectivity index (χ0n) is 16.4. The van der Waals surface area contributed by atoms with Crippen molar-refractivity contribution in [1.29, 1.82) is 0 Å². The number of hydrogen-bond acceptors (Lipinski definition) is 6. The highest BCUT2D eigenvalue weighted by Crippen LogP contribution is 2.29. The van der Waals surface area contributed by atoms with Crippen molar-refractivity contribution in [3.05, 3.63) is 51.4 Å². The molecule has 1 aromatic carbocycles. The van der Waals surface area contributed by atoms with Crippen molar-refractivity contribution < 1.29 is 14.3 Å². The molecule has 0 radical (unpaired) electrons. The van der Waals surface area contributed by atoms with Crippen molar-refractivity contribution in [2.75, 3.05) is 19.0 Å². The molecule has 0 saturated carbocycles. The Morgan fingerprint density at radius 2 is 2.03 bits per heavy atom. The molecule has 0 unspecified atom stereocenters. The van der Waals surface area contributed by atoms with Crippen molar-refractivity contribution in [3.8, 4) is 5.75 Å². The number of fused-ring (bicyclic) bond motifs is 1. The lowest BCUT2D eigenvalue weighted by atomic mass is 10.2. The van der Waals surface area contributed by atoms with Crippen LogP contribution in [0.1, 0.15) is 28.6 Å². The highest BCUT2D eigenvalue weighted by atomic mass is 32.1. The average Bonchev–Trinajstić information content (AvgIpc) is 3.06. The lowest BCUT2D eigenvalue weighted by molar-refractivity contribution is -0.121. The van der Waals surface area contributed by atoms with Gasteiger partial charge >= 0.3 is 0 Å². The number of aryl methyl sites for hydroxylation is 1. The predicted molar refractivity (Wildman–Crippen MR) is 113 cm³/mol. The van der Waals surface area contributed by atoms with E-state index in [4.69, 9.17) is 4.74 Å². The number of methoxy groups -OCH3 is 1. The van der Waals surface area contributed by atoms with Gasteiger partial charge < -0.3 is 15.4 Å². The number of aromatic nitrogens is 2. The van der Waals surface area contributed by atoms with E-state index in [1.807, 2.05) is 13.0 Å². The van der Waals surface area contributed by atoms with Crippen LogP contribution in [0.3, 0.4) is 0 Å². The first kappa shape index (κ1) is 20.5. The third-order valence-electron chi connectivity index (χ3n) is 4.36. The van der Waals surface area contributed by atoms with E-state index in [1.54, 1.807) is 25.1 Å². The second-order valence-electron chi connectivity index (χ2n) is 6.42. The molecule has 0 aliphatic carbocycles. The van der Waals surface area contributed by atoms with Gasteiger partial charge in [0.1, 0.15) is 17.1 Å². The number of para-hydroxylation sites is 2. The number of carbonyl (C=O) groups is 2. The molecule has 8 nitrogen and oxygen atoms in total. The molecular weight excluding hydrogens is 392 g/mol. The van der Waals surface area contributed by atoms with Gasteiger partial charge in [-0.05, 0) is 31.0 Å². The summed E-state index contributed by atoms with van der Waals surface area (Å²) in [5.41, 5.74) is 0.736. The SMILES string of the molecule is CCCNC(=O)Cn1cnc2sc(C(=O)Nc3ccccc3OC)c(C)c2c1=O. The molecule has 0 aliphatic rings. The van der Waals surface area contributed by atoms with E-state index in [9.17, 15) is 14.4 Å². The normalized spacial score (nSPS) is 10.7. The first-order chi connectivity index (χ1) is 14.0. The largest absolute Gasteiger partial charge is 0.495 e. The zero-order chi connectivity index (χ0) is 21.0. The molecule has 2 amide bonds. The van der Waals surface area contributed by atoms with Gasteiger partial charge in [0.2, 0.25) is 5.91 Å². The molecule has 0 saturated heterocycles. The monoisotopic (exact) mass is 414 g/mol. The molecule has 2 heterocycles. The molecule has 0 aliphatic heterocycles. The van der Waals surface area contributed by atoms with Crippen LogP contribution in [-0.2, 0) is 11.3 Å². The number of ether oxygens (including phenoxy) is 1. The lowest BCUT2D eigenvalue weighted by Gasteiger charge is -2.09. The molecule has 152 valence electrons. The smallest absolute Gasteiger partial charge is 0.266 e. The topological polar surface area (TPSA) is 102 Å². The van der Waals surface area contributed by atoms with E-state index in [-0.39, 0.29) is 23.9 Å². The van der Waals surface area contributed by atoms with Crippen LogP contribution in [0.2, 0.25) is 0 Å². The van der Waals surface area contributed by atoms with Crippen LogP contribution in [0.25, 0.3) is 10.2 Å². The van der Waals surface area contributed by atoms with Crippen molar-refractivity contribution >= 4 is 39.1 Å². The molecule has 0 bridgehead atoms. The Hall–Kier alpha value is -3.20. The highest BCUT2D eigenvalue weighted by Gasteiger charge is 2.21. The summed E-state index contributed by atoms with van der Waals surface area (Å²) in [7, 11) is 1.53. The van der Waals surface area contributed by atoms with E-state index in [1.165, 1.54) is 18.0 Å². The third kappa shape index (κ3) is 4.29. The van der Waals surface area contributed by atoms with Gasteiger partial charge in [0.15, 0.2) is 0 Å². The molecule has 29 heavy (non-hydrogen) atoms. The summed E-state index contributed by atoms with van der Waals surface area (Å²) >= 11 is 1.14. The van der Waals surface area contributed by atoms with E-state index < -0.39 is 0 Å². The van der Waals surface area contributed by atoms with E-state index >= 15 is 0 Å². The third-order valence-corrected chi connectivity index (χ3v) is 5.56. The molecule has 3 aromatic rings. The number of carbonyl (C=O) groups excluding carboxylic acids is 2. The maximum absolute atomic E-state index is 12.9. The molecule has 2 aromatic heterocycles. The summed E-state index contributed by atoms with van der Waals surface area (Å²) in [6.07, 6.45) is 2.15. The quantitative estimate of drug-likeness (QED) is 0.619. The summed E-state index contributed by atoms with van der Waals surface area (Å²) < 4.78 is 6.52. The Morgan fingerprint density at radius 3 is 2.76 bits per heavy atom. The second-order valence-corrected chi connectivity index (χ2v) is 7.42. The van der Waals surface area contributed by atoms with Crippen molar-refractivity contribution in [2.24, 2.45) is 0 Å².